The number of hydrogen-bond acceptors (Lipinski definition) is 4. The van der Waals surface area contributed by atoms with Crippen molar-refractivity contribution in [1.29, 1.82) is 0 Å². The highest BCUT2D eigenvalue weighted by molar-refractivity contribution is 9.10. The highest BCUT2D eigenvalue weighted by atomic mass is 79.9. The van der Waals surface area contributed by atoms with E-state index in [4.69, 9.17) is 0 Å². The van der Waals surface area contributed by atoms with Crippen LogP contribution in [0.25, 0.3) is 16.7 Å². The van der Waals surface area contributed by atoms with Crippen LogP contribution in [0.5, 0.6) is 0 Å². The molecule has 130 valence electrons. The number of aliphatic hydroxyl groups is 1. The Morgan fingerprint density at radius 2 is 1.96 bits per heavy atom. The van der Waals surface area contributed by atoms with Crippen molar-refractivity contribution in [3.63, 3.8) is 0 Å². The summed E-state index contributed by atoms with van der Waals surface area (Å²) in [5, 5.41) is 20.3. The Hall–Kier alpha value is -2.66. The lowest BCUT2D eigenvalue weighted by Crippen LogP contribution is -2.16. The molecule has 0 amide bonds. The van der Waals surface area contributed by atoms with E-state index in [1.54, 1.807) is 0 Å². The average Bonchev–Trinajstić information content (AvgIpc) is 2.87. The van der Waals surface area contributed by atoms with Crippen molar-refractivity contribution in [3.05, 3.63) is 66.3 Å². The summed E-state index contributed by atoms with van der Waals surface area (Å²) in [4.78, 5) is 24.1. The minimum absolute atomic E-state index is 0.347. The predicted octanol–water partition coefficient (Wildman–Crippen LogP) is 2.90. The predicted molar refractivity (Wildman–Crippen MR) is 84.0 cm³/mol. The van der Waals surface area contributed by atoms with Gasteiger partial charge in [0, 0.05) is 4.47 Å². The lowest BCUT2D eigenvalue weighted by atomic mass is 10.1. The fourth-order valence-corrected chi connectivity index (χ4v) is 2.89. The Balaban J connectivity index is 2.52. The van der Waals surface area contributed by atoms with Crippen LogP contribution in [0.3, 0.4) is 0 Å². The van der Waals surface area contributed by atoms with Crippen molar-refractivity contribution in [2.24, 2.45) is 0 Å². The SMILES string of the molecule is O=c1[nH]c2c(CO)c([N+](=O)[O-])c(F)c(F)c2n1-c1ccc(Br)cc1F. The van der Waals surface area contributed by atoms with E-state index in [2.05, 4.69) is 20.9 Å². The summed E-state index contributed by atoms with van der Waals surface area (Å²) in [6.07, 6.45) is 0. The summed E-state index contributed by atoms with van der Waals surface area (Å²) in [6.45, 7) is -1.03. The van der Waals surface area contributed by atoms with Crippen LogP contribution in [0, 0.1) is 27.6 Å². The highest BCUT2D eigenvalue weighted by Gasteiger charge is 2.31. The quantitative estimate of drug-likeness (QED) is 0.505. The molecule has 7 nitrogen and oxygen atoms in total. The molecule has 11 heteroatoms. The second-order valence-corrected chi connectivity index (χ2v) is 5.87. The van der Waals surface area contributed by atoms with Gasteiger partial charge < -0.3 is 10.1 Å². The molecule has 0 aliphatic rings. The van der Waals surface area contributed by atoms with Gasteiger partial charge in [-0.2, -0.15) is 4.39 Å². The molecular weight excluding hydrogens is 411 g/mol. The minimum Gasteiger partial charge on any atom is -0.391 e. The number of hydrogen-bond donors (Lipinski definition) is 2. The Morgan fingerprint density at radius 3 is 2.52 bits per heavy atom. The summed E-state index contributed by atoms with van der Waals surface area (Å²) >= 11 is 3.02. The van der Waals surface area contributed by atoms with Crippen LogP contribution in [0.4, 0.5) is 18.9 Å². The number of aromatic amines is 1. The molecule has 2 N–H and O–H groups in total. The molecule has 0 saturated heterocycles. The van der Waals surface area contributed by atoms with Gasteiger partial charge in [0.25, 0.3) is 0 Å². The fraction of sp³-hybridized carbons (Fsp3) is 0.0714. The molecule has 0 saturated carbocycles. The number of H-pyrrole nitrogens is 1. The van der Waals surface area contributed by atoms with E-state index >= 15 is 0 Å². The van der Waals surface area contributed by atoms with Crippen molar-refractivity contribution in [2.75, 3.05) is 0 Å². The zero-order valence-corrected chi connectivity index (χ0v) is 13.6. The minimum atomic E-state index is -1.85. The number of fused-ring (bicyclic) bond motifs is 1. The van der Waals surface area contributed by atoms with Crippen LogP contribution < -0.4 is 5.69 Å². The van der Waals surface area contributed by atoms with Gasteiger partial charge >= 0.3 is 11.4 Å². The lowest BCUT2D eigenvalue weighted by molar-refractivity contribution is -0.388. The average molecular weight is 418 g/mol. The lowest BCUT2D eigenvalue weighted by Gasteiger charge is -2.08. The number of halogens is 4. The maximum atomic E-state index is 14.4. The number of nitrogens with zero attached hydrogens (tertiary/aromatic N) is 2. The zero-order chi connectivity index (χ0) is 18.5. The molecule has 1 heterocycles. The number of benzene rings is 2. The Kier molecular flexibility index (Phi) is 4.13. The Morgan fingerprint density at radius 1 is 1.28 bits per heavy atom. The second-order valence-electron chi connectivity index (χ2n) is 4.96. The number of imidazole rings is 1. The zero-order valence-electron chi connectivity index (χ0n) is 12.0. The first-order valence-corrected chi connectivity index (χ1v) is 7.42. The number of nitro benzene ring substituents is 1. The number of nitro groups is 1. The number of rotatable bonds is 3. The van der Waals surface area contributed by atoms with E-state index in [0.29, 0.717) is 9.04 Å². The third-order valence-corrected chi connectivity index (χ3v) is 4.08. The van der Waals surface area contributed by atoms with Gasteiger partial charge in [-0.3, -0.25) is 14.7 Å². The van der Waals surface area contributed by atoms with Gasteiger partial charge in [-0.05, 0) is 18.2 Å². The van der Waals surface area contributed by atoms with E-state index in [0.717, 1.165) is 12.1 Å². The van der Waals surface area contributed by atoms with Gasteiger partial charge in [0.15, 0.2) is 5.82 Å². The van der Waals surface area contributed by atoms with Crippen molar-refractivity contribution in [1.82, 2.24) is 9.55 Å². The summed E-state index contributed by atoms with van der Waals surface area (Å²) in [5.41, 5.74) is -4.58. The van der Waals surface area contributed by atoms with E-state index < -0.39 is 62.6 Å². The van der Waals surface area contributed by atoms with Gasteiger partial charge in [-0.1, -0.05) is 15.9 Å². The Labute approximate surface area is 144 Å². The molecular formula is C14H7BrF3N3O4. The summed E-state index contributed by atoms with van der Waals surface area (Å²) in [7, 11) is 0. The first-order chi connectivity index (χ1) is 11.8. The van der Waals surface area contributed by atoms with Gasteiger partial charge in [0.2, 0.25) is 5.82 Å². The molecule has 0 spiro atoms. The first kappa shape index (κ1) is 17.2. The standard InChI is InChI=1S/C14H7BrF3N3O4/c15-5-1-2-8(7(16)3-5)20-13-10(18)9(17)12(21(24)25)6(4-22)11(13)19-14(20)23/h1-3,22H,4H2,(H,19,23). The topological polar surface area (TPSA) is 101 Å². The van der Waals surface area contributed by atoms with Crippen LogP contribution in [-0.4, -0.2) is 19.6 Å². The monoisotopic (exact) mass is 417 g/mol. The molecule has 0 atom stereocenters. The van der Waals surface area contributed by atoms with Crippen LogP contribution in [0.15, 0.2) is 27.5 Å². The molecule has 0 bridgehead atoms. The van der Waals surface area contributed by atoms with Crippen LogP contribution in [0.1, 0.15) is 5.56 Å². The van der Waals surface area contributed by atoms with E-state index in [1.807, 2.05) is 0 Å². The van der Waals surface area contributed by atoms with Crippen molar-refractivity contribution >= 4 is 32.7 Å². The van der Waals surface area contributed by atoms with Gasteiger partial charge in [0.1, 0.15) is 11.3 Å². The third-order valence-electron chi connectivity index (χ3n) is 3.58. The van der Waals surface area contributed by atoms with Crippen LogP contribution in [0.2, 0.25) is 0 Å². The smallest absolute Gasteiger partial charge is 0.331 e. The molecule has 0 unspecified atom stereocenters. The summed E-state index contributed by atoms with van der Waals surface area (Å²) in [5.74, 6) is -4.48. The highest BCUT2D eigenvalue weighted by Crippen LogP contribution is 2.34. The molecule has 0 aliphatic heterocycles. The van der Waals surface area contributed by atoms with E-state index in [1.165, 1.54) is 6.07 Å². The van der Waals surface area contributed by atoms with E-state index in [-0.39, 0.29) is 0 Å². The number of aromatic nitrogens is 2. The molecule has 0 aliphatic carbocycles. The van der Waals surface area contributed by atoms with Crippen molar-refractivity contribution < 1.29 is 23.2 Å². The molecule has 3 rings (SSSR count). The van der Waals surface area contributed by atoms with Crippen LogP contribution >= 0.6 is 15.9 Å². The summed E-state index contributed by atoms with van der Waals surface area (Å²) in [6, 6.07) is 3.52. The molecule has 1 aromatic heterocycles. The third kappa shape index (κ3) is 2.51. The van der Waals surface area contributed by atoms with Gasteiger partial charge in [-0.15, -0.1) is 0 Å². The molecule has 2 aromatic carbocycles. The maximum absolute atomic E-state index is 14.4. The second kappa shape index (κ2) is 6.01. The summed E-state index contributed by atoms with van der Waals surface area (Å²) < 4.78 is 43.6. The van der Waals surface area contributed by atoms with Gasteiger partial charge in [-0.25, -0.2) is 13.6 Å². The molecule has 0 fully saturated rings. The molecule has 3 aromatic rings. The molecule has 25 heavy (non-hydrogen) atoms. The van der Waals surface area contributed by atoms with Gasteiger partial charge in [0.05, 0.1) is 28.3 Å². The first-order valence-electron chi connectivity index (χ1n) is 6.63. The number of aliphatic hydroxyl groups excluding tert-OH is 1. The van der Waals surface area contributed by atoms with Crippen LogP contribution in [-0.2, 0) is 6.61 Å². The fourth-order valence-electron chi connectivity index (χ4n) is 2.56. The maximum Gasteiger partial charge on any atom is 0.331 e. The van der Waals surface area contributed by atoms with Crippen molar-refractivity contribution in [3.8, 4) is 5.69 Å². The Bertz CT molecular complexity index is 1090. The van der Waals surface area contributed by atoms with Crippen molar-refractivity contribution in [2.45, 2.75) is 6.61 Å². The van der Waals surface area contributed by atoms with E-state index in [9.17, 15) is 33.2 Å². The number of nitrogens with one attached hydrogen (secondary N) is 1. The normalized spacial score (nSPS) is 11.2. The molecule has 0 radical (unpaired) electrons. The largest absolute Gasteiger partial charge is 0.391 e.